The zero-order chi connectivity index (χ0) is 32.5. The van der Waals surface area contributed by atoms with E-state index in [2.05, 4.69) is 9.72 Å². The highest BCUT2D eigenvalue weighted by atomic mass is 32.1. The number of thiazole rings is 1. The summed E-state index contributed by atoms with van der Waals surface area (Å²) >= 11 is 1.19. The number of halogens is 9. The summed E-state index contributed by atoms with van der Waals surface area (Å²) in [6, 6.07) is 3.19. The minimum Gasteiger partial charge on any atom is -0.431 e. The van der Waals surface area contributed by atoms with Crippen LogP contribution < -0.4 is 4.74 Å². The summed E-state index contributed by atoms with van der Waals surface area (Å²) in [6.07, 6.45) is -16.2. The number of allylic oxidation sites excluding steroid dienone is 1. The molecule has 1 amide bonds. The Morgan fingerprint density at radius 3 is 2.27 bits per heavy atom. The van der Waals surface area contributed by atoms with Gasteiger partial charge in [0.2, 0.25) is 0 Å². The third-order valence-electron chi connectivity index (χ3n) is 7.82. The Hall–Kier alpha value is -3.01. The second-order valence-corrected chi connectivity index (χ2v) is 11.6. The van der Waals surface area contributed by atoms with E-state index in [1.54, 1.807) is 0 Å². The number of nitrogens with zero attached hydrogens (tertiary/aromatic N) is 3. The van der Waals surface area contributed by atoms with Crippen LogP contribution in [0.25, 0.3) is 6.08 Å². The molecule has 0 N–H and O–H groups in total. The molecule has 1 aromatic carbocycles. The van der Waals surface area contributed by atoms with Gasteiger partial charge in [0.15, 0.2) is 0 Å². The molecular weight excluding hydrogens is 629 g/mol. The fourth-order valence-corrected chi connectivity index (χ4v) is 6.57. The van der Waals surface area contributed by atoms with Crippen LogP contribution in [0.1, 0.15) is 61.2 Å². The summed E-state index contributed by atoms with van der Waals surface area (Å²) in [6.45, 7) is 4.12. The number of carbonyl (C=O) groups excluding carboxylic acids is 1. The number of ether oxygens (including phenoxy) is 2. The minimum atomic E-state index is -5.82. The van der Waals surface area contributed by atoms with Gasteiger partial charge in [-0.2, -0.15) is 39.5 Å². The third kappa shape index (κ3) is 7.61. The quantitative estimate of drug-likeness (QED) is 0.279. The second-order valence-electron chi connectivity index (χ2n) is 10.7. The summed E-state index contributed by atoms with van der Waals surface area (Å²) in [7, 11) is 0. The van der Waals surface area contributed by atoms with Crippen LogP contribution >= 0.6 is 11.3 Å². The zero-order valence-corrected chi connectivity index (χ0v) is 24.5. The van der Waals surface area contributed by atoms with Crippen molar-refractivity contribution in [3.63, 3.8) is 0 Å². The van der Waals surface area contributed by atoms with Gasteiger partial charge < -0.3 is 14.4 Å². The number of amides is 1. The van der Waals surface area contributed by atoms with Crippen molar-refractivity contribution in [1.82, 2.24) is 14.8 Å². The van der Waals surface area contributed by atoms with Crippen molar-refractivity contribution >= 4 is 23.5 Å². The number of hydrogen-bond acceptors (Lipinski definition) is 6. The Morgan fingerprint density at radius 2 is 1.70 bits per heavy atom. The Balaban J connectivity index is 1.52. The molecule has 44 heavy (non-hydrogen) atoms. The highest BCUT2D eigenvalue weighted by Crippen LogP contribution is 2.43. The van der Waals surface area contributed by atoms with Crippen molar-refractivity contribution in [2.45, 2.75) is 82.7 Å². The number of alkyl halides is 9. The van der Waals surface area contributed by atoms with Gasteiger partial charge in [-0.15, -0.1) is 0 Å². The van der Waals surface area contributed by atoms with Gasteiger partial charge in [-0.3, -0.25) is 4.90 Å². The first kappa shape index (κ1) is 33.9. The number of hydrogen-bond donors (Lipinski definition) is 0. The SMILES string of the molecule is C/C=C\c1sc(Oc2cc(C(F)(F)F)ccc2CN2CCCC23CCN(C(=O)OC(C(F)(F)F)C(F)(F)F)CC3)nc1CC. The van der Waals surface area contributed by atoms with E-state index in [1.807, 2.05) is 30.9 Å². The average molecular weight is 660 g/mol. The van der Waals surface area contributed by atoms with Gasteiger partial charge in [-0.05, 0) is 63.8 Å². The molecule has 0 atom stereocenters. The molecule has 2 aromatic rings. The molecule has 6 nitrogen and oxygen atoms in total. The van der Waals surface area contributed by atoms with Gasteiger partial charge in [0.25, 0.3) is 11.3 Å². The highest BCUT2D eigenvalue weighted by molar-refractivity contribution is 7.14. The van der Waals surface area contributed by atoms with Crippen LogP contribution in [0.3, 0.4) is 0 Å². The summed E-state index contributed by atoms with van der Waals surface area (Å²) in [5, 5.41) is 0.175. The average Bonchev–Trinajstić information content (AvgIpc) is 3.49. The predicted molar refractivity (Wildman–Crippen MR) is 143 cm³/mol. The maximum absolute atomic E-state index is 13.6. The van der Waals surface area contributed by atoms with Crippen molar-refractivity contribution in [2.75, 3.05) is 19.6 Å². The molecule has 16 heteroatoms. The van der Waals surface area contributed by atoms with Crippen LogP contribution in [-0.4, -0.2) is 64.5 Å². The van der Waals surface area contributed by atoms with Crippen molar-refractivity contribution in [3.8, 4) is 10.9 Å². The molecule has 2 saturated heterocycles. The topological polar surface area (TPSA) is 54.9 Å². The molecule has 1 spiro atoms. The Labute approximate surface area is 251 Å². The number of likely N-dealkylation sites (tertiary alicyclic amines) is 2. The molecule has 0 unspecified atom stereocenters. The lowest BCUT2D eigenvalue weighted by Gasteiger charge is -2.45. The van der Waals surface area contributed by atoms with Crippen LogP contribution in [0.4, 0.5) is 44.3 Å². The smallest absolute Gasteiger partial charge is 0.431 e. The van der Waals surface area contributed by atoms with E-state index < -0.39 is 41.8 Å². The largest absolute Gasteiger partial charge is 0.434 e. The number of benzene rings is 1. The molecular formula is C28H30F9N3O3S. The van der Waals surface area contributed by atoms with Crippen molar-refractivity contribution in [2.24, 2.45) is 0 Å². The third-order valence-corrected chi connectivity index (χ3v) is 8.76. The van der Waals surface area contributed by atoms with Crippen molar-refractivity contribution in [3.05, 3.63) is 46.0 Å². The predicted octanol–water partition coefficient (Wildman–Crippen LogP) is 8.61. The lowest BCUT2D eigenvalue weighted by Crippen LogP contribution is -2.54. The molecule has 0 saturated carbocycles. The maximum atomic E-state index is 13.6. The molecule has 0 bridgehead atoms. The lowest BCUT2D eigenvalue weighted by atomic mass is 9.85. The summed E-state index contributed by atoms with van der Waals surface area (Å²) in [4.78, 5) is 20.3. The number of aromatic nitrogens is 1. The van der Waals surface area contributed by atoms with Gasteiger partial charge in [-0.1, -0.05) is 30.4 Å². The van der Waals surface area contributed by atoms with E-state index in [0.717, 1.165) is 27.6 Å². The van der Waals surface area contributed by atoms with E-state index in [1.165, 1.54) is 17.4 Å². The Morgan fingerprint density at radius 1 is 1.05 bits per heavy atom. The number of aryl methyl sites for hydroxylation is 1. The number of rotatable bonds is 7. The lowest BCUT2D eigenvalue weighted by molar-refractivity contribution is -0.308. The highest BCUT2D eigenvalue weighted by Gasteiger charge is 2.60. The molecule has 0 aliphatic carbocycles. The van der Waals surface area contributed by atoms with Crippen LogP contribution in [0.5, 0.6) is 10.9 Å². The van der Waals surface area contributed by atoms with Crippen molar-refractivity contribution in [1.29, 1.82) is 0 Å². The van der Waals surface area contributed by atoms with E-state index in [4.69, 9.17) is 4.74 Å². The standard InChI is InChI=1S/C28H30F9N3O3S/c1-3-6-21-19(4-2)38-23(44-21)42-20-15-18(26(29,30)31)8-7-17(20)16-40-12-5-9-25(40)10-13-39(14-11-25)24(41)43-22(27(32,33)34)28(35,36)37/h3,6-8,15,22H,4-5,9-14,16H2,1-2H3/b6-3-. The van der Waals surface area contributed by atoms with Crippen LogP contribution in [0.2, 0.25) is 0 Å². The monoisotopic (exact) mass is 659 g/mol. The van der Waals surface area contributed by atoms with E-state index in [0.29, 0.717) is 31.4 Å². The molecule has 0 radical (unpaired) electrons. The first-order valence-electron chi connectivity index (χ1n) is 13.8. The first-order valence-corrected chi connectivity index (χ1v) is 14.6. The van der Waals surface area contributed by atoms with E-state index >= 15 is 0 Å². The van der Waals surface area contributed by atoms with Crippen LogP contribution in [0.15, 0.2) is 24.3 Å². The Bertz CT molecular complexity index is 1330. The molecule has 2 fully saturated rings. The van der Waals surface area contributed by atoms with Gasteiger partial charge in [-0.25, -0.2) is 9.78 Å². The van der Waals surface area contributed by atoms with Gasteiger partial charge >= 0.3 is 24.6 Å². The maximum Gasteiger partial charge on any atom is 0.434 e. The van der Waals surface area contributed by atoms with E-state index in [9.17, 15) is 44.3 Å². The van der Waals surface area contributed by atoms with Crippen molar-refractivity contribution < 1.29 is 53.8 Å². The minimum absolute atomic E-state index is 0.0309. The number of carbonyl (C=O) groups is 1. The summed E-state index contributed by atoms with van der Waals surface area (Å²) in [5.41, 5.74) is -0.298. The van der Waals surface area contributed by atoms with Crippen LogP contribution in [0, 0.1) is 0 Å². The molecule has 3 heterocycles. The molecule has 4 rings (SSSR count). The van der Waals surface area contributed by atoms with E-state index in [-0.39, 0.29) is 43.4 Å². The summed E-state index contributed by atoms with van der Waals surface area (Å²) in [5.74, 6) is -0.0309. The fourth-order valence-electron chi connectivity index (χ4n) is 5.58. The van der Waals surface area contributed by atoms with Gasteiger partial charge in [0.05, 0.1) is 16.1 Å². The zero-order valence-electron chi connectivity index (χ0n) is 23.7. The molecule has 1 aromatic heterocycles. The second kappa shape index (κ2) is 12.8. The van der Waals surface area contributed by atoms with Crippen LogP contribution in [-0.2, 0) is 23.9 Å². The molecule has 244 valence electrons. The number of piperidine rings is 1. The fraction of sp³-hybridized carbons (Fsp3) is 0.571. The normalized spacial score (nSPS) is 18.1. The molecule has 2 aliphatic heterocycles. The molecule has 2 aliphatic rings. The van der Waals surface area contributed by atoms with Gasteiger partial charge in [0, 0.05) is 30.7 Å². The first-order chi connectivity index (χ1) is 20.5. The summed E-state index contributed by atoms with van der Waals surface area (Å²) < 4.78 is 128. The Kier molecular flexibility index (Phi) is 9.83. The van der Waals surface area contributed by atoms with Gasteiger partial charge in [0.1, 0.15) is 5.75 Å².